The summed E-state index contributed by atoms with van der Waals surface area (Å²) in [5.41, 5.74) is 3.08. The van der Waals surface area contributed by atoms with Crippen molar-refractivity contribution >= 4 is 28.4 Å². The summed E-state index contributed by atoms with van der Waals surface area (Å²) in [5, 5.41) is 18.3. The molecule has 1 saturated carbocycles. The maximum Gasteiger partial charge on any atom is 0.273 e. The summed E-state index contributed by atoms with van der Waals surface area (Å²) in [6.45, 7) is 0.804. The topological polar surface area (TPSA) is 58.4 Å². The first kappa shape index (κ1) is 13.9. The molecule has 0 amide bonds. The maximum absolute atomic E-state index is 11.1. The van der Waals surface area contributed by atoms with Gasteiger partial charge in [-0.2, -0.15) is 11.3 Å². The average molecular weight is 303 g/mol. The number of hydrogen-bond donors (Lipinski definition) is 1. The standard InChI is InChI=1S/C15H17N3O2S/c1-16-12-6-14(8-15(7-12)18(19)20)17(13-2-3-13)9-11-4-5-21-10-11/h4-8,10,13,16H,2-3,9H2,1H3. The molecule has 21 heavy (non-hydrogen) atoms. The van der Waals surface area contributed by atoms with E-state index in [0.717, 1.165) is 30.8 Å². The van der Waals surface area contributed by atoms with Crippen LogP contribution < -0.4 is 10.2 Å². The van der Waals surface area contributed by atoms with Gasteiger partial charge in [-0.25, -0.2) is 0 Å². The van der Waals surface area contributed by atoms with Crippen LogP contribution >= 0.6 is 11.3 Å². The molecule has 0 spiro atoms. The second-order valence-corrected chi connectivity index (χ2v) is 6.02. The van der Waals surface area contributed by atoms with Crippen LogP contribution in [0.15, 0.2) is 35.0 Å². The van der Waals surface area contributed by atoms with E-state index < -0.39 is 0 Å². The number of anilines is 2. The van der Waals surface area contributed by atoms with Gasteiger partial charge in [-0.1, -0.05) is 0 Å². The molecule has 1 aromatic carbocycles. The van der Waals surface area contributed by atoms with Crippen LogP contribution in [0.4, 0.5) is 17.1 Å². The average Bonchev–Trinajstić information content (AvgIpc) is 3.20. The summed E-state index contributed by atoms with van der Waals surface area (Å²) in [7, 11) is 1.78. The predicted octanol–water partition coefficient (Wildman–Crippen LogP) is 3.87. The molecule has 1 fully saturated rings. The first-order valence-electron chi connectivity index (χ1n) is 6.92. The highest BCUT2D eigenvalue weighted by atomic mass is 32.1. The third-order valence-corrected chi connectivity index (χ3v) is 4.39. The van der Waals surface area contributed by atoms with E-state index in [1.54, 1.807) is 30.5 Å². The quantitative estimate of drug-likeness (QED) is 0.650. The molecule has 0 unspecified atom stereocenters. The number of rotatable bonds is 6. The second kappa shape index (κ2) is 5.73. The van der Waals surface area contributed by atoms with Crippen molar-refractivity contribution in [3.63, 3.8) is 0 Å². The van der Waals surface area contributed by atoms with Crippen molar-refractivity contribution in [2.45, 2.75) is 25.4 Å². The molecular weight excluding hydrogens is 286 g/mol. The Kier molecular flexibility index (Phi) is 3.79. The minimum absolute atomic E-state index is 0.132. The Hall–Kier alpha value is -2.08. The Balaban J connectivity index is 1.94. The Bertz CT molecular complexity index is 638. The van der Waals surface area contributed by atoms with E-state index in [9.17, 15) is 10.1 Å². The van der Waals surface area contributed by atoms with Gasteiger partial charge >= 0.3 is 0 Å². The van der Waals surface area contributed by atoms with E-state index >= 15 is 0 Å². The van der Waals surface area contributed by atoms with E-state index in [0.29, 0.717) is 6.04 Å². The minimum Gasteiger partial charge on any atom is -0.388 e. The van der Waals surface area contributed by atoms with Crippen molar-refractivity contribution in [3.8, 4) is 0 Å². The van der Waals surface area contributed by atoms with Gasteiger partial charge in [0.2, 0.25) is 0 Å². The van der Waals surface area contributed by atoms with Crippen LogP contribution in [0.3, 0.4) is 0 Å². The molecule has 3 rings (SSSR count). The van der Waals surface area contributed by atoms with E-state index in [1.165, 1.54) is 5.56 Å². The fraction of sp³-hybridized carbons (Fsp3) is 0.333. The number of nitro benzene ring substituents is 1. The monoisotopic (exact) mass is 303 g/mol. The zero-order valence-electron chi connectivity index (χ0n) is 11.8. The van der Waals surface area contributed by atoms with Crippen molar-refractivity contribution in [2.24, 2.45) is 0 Å². The third-order valence-electron chi connectivity index (χ3n) is 3.65. The fourth-order valence-electron chi connectivity index (χ4n) is 2.41. The molecule has 1 aliphatic rings. The highest BCUT2D eigenvalue weighted by Crippen LogP contribution is 2.36. The van der Waals surface area contributed by atoms with Gasteiger partial charge in [0, 0.05) is 43.1 Å². The highest BCUT2D eigenvalue weighted by molar-refractivity contribution is 7.07. The smallest absolute Gasteiger partial charge is 0.273 e. The summed E-state index contributed by atoms with van der Waals surface area (Å²) in [6.07, 6.45) is 2.31. The molecule has 1 heterocycles. The highest BCUT2D eigenvalue weighted by Gasteiger charge is 2.30. The van der Waals surface area contributed by atoms with Crippen LogP contribution in [0, 0.1) is 10.1 Å². The number of nitrogens with zero attached hydrogens (tertiary/aromatic N) is 2. The Morgan fingerprint density at radius 2 is 2.24 bits per heavy atom. The molecule has 5 nitrogen and oxygen atoms in total. The molecule has 1 N–H and O–H groups in total. The molecule has 0 aliphatic heterocycles. The van der Waals surface area contributed by atoms with Gasteiger partial charge < -0.3 is 10.2 Å². The number of nitro groups is 1. The van der Waals surface area contributed by atoms with E-state index in [2.05, 4.69) is 27.0 Å². The maximum atomic E-state index is 11.1. The van der Waals surface area contributed by atoms with Gasteiger partial charge in [0.25, 0.3) is 5.69 Å². The fourth-order valence-corrected chi connectivity index (χ4v) is 3.07. The number of hydrogen-bond acceptors (Lipinski definition) is 5. The van der Waals surface area contributed by atoms with Crippen molar-refractivity contribution in [3.05, 3.63) is 50.7 Å². The molecule has 0 saturated heterocycles. The summed E-state index contributed by atoms with van der Waals surface area (Å²) in [5.74, 6) is 0. The number of nitrogens with one attached hydrogen (secondary N) is 1. The summed E-state index contributed by atoms with van der Waals surface area (Å²) in [6, 6.07) is 7.83. The van der Waals surface area contributed by atoms with Gasteiger partial charge in [0.15, 0.2) is 0 Å². The molecule has 0 radical (unpaired) electrons. The van der Waals surface area contributed by atoms with Crippen LogP contribution in [-0.4, -0.2) is 18.0 Å². The van der Waals surface area contributed by atoms with Gasteiger partial charge in [-0.3, -0.25) is 10.1 Å². The first-order chi connectivity index (χ1) is 10.2. The Morgan fingerprint density at radius 1 is 1.43 bits per heavy atom. The van der Waals surface area contributed by atoms with Crippen LogP contribution in [-0.2, 0) is 6.54 Å². The largest absolute Gasteiger partial charge is 0.388 e. The van der Waals surface area contributed by atoms with E-state index in [-0.39, 0.29) is 10.6 Å². The van der Waals surface area contributed by atoms with E-state index in [1.807, 2.05) is 6.07 Å². The molecule has 110 valence electrons. The van der Waals surface area contributed by atoms with Gasteiger partial charge in [-0.15, -0.1) is 0 Å². The molecule has 1 aliphatic carbocycles. The van der Waals surface area contributed by atoms with Crippen molar-refractivity contribution in [1.82, 2.24) is 0 Å². The lowest BCUT2D eigenvalue weighted by Gasteiger charge is -2.24. The lowest BCUT2D eigenvalue weighted by Crippen LogP contribution is -2.24. The zero-order chi connectivity index (χ0) is 14.8. The third kappa shape index (κ3) is 3.16. The van der Waals surface area contributed by atoms with Crippen molar-refractivity contribution < 1.29 is 4.92 Å². The normalized spacial score (nSPS) is 14.0. The van der Waals surface area contributed by atoms with Crippen molar-refractivity contribution in [1.29, 1.82) is 0 Å². The second-order valence-electron chi connectivity index (χ2n) is 5.24. The molecule has 0 bridgehead atoms. The number of thiophene rings is 1. The molecule has 0 atom stereocenters. The number of benzene rings is 1. The molecular formula is C15H17N3O2S. The van der Waals surface area contributed by atoms with Crippen LogP contribution in [0.25, 0.3) is 0 Å². The predicted molar refractivity (Wildman–Crippen MR) is 86.2 cm³/mol. The van der Waals surface area contributed by atoms with Gasteiger partial charge in [0.1, 0.15) is 0 Å². The molecule has 1 aromatic heterocycles. The summed E-state index contributed by atoms with van der Waals surface area (Å²) in [4.78, 5) is 13.0. The lowest BCUT2D eigenvalue weighted by molar-refractivity contribution is -0.384. The summed E-state index contributed by atoms with van der Waals surface area (Å²) >= 11 is 1.68. The minimum atomic E-state index is -0.333. The van der Waals surface area contributed by atoms with Gasteiger partial charge in [-0.05, 0) is 41.3 Å². The van der Waals surface area contributed by atoms with Crippen LogP contribution in [0.2, 0.25) is 0 Å². The van der Waals surface area contributed by atoms with Crippen molar-refractivity contribution in [2.75, 3.05) is 17.3 Å². The van der Waals surface area contributed by atoms with Crippen LogP contribution in [0.1, 0.15) is 18.4 Å². The van der Waals surface area contributed by atoms with Crippen LogP contribution in [0.5, 0.6) is 0 Å². The molecule has 6 heteroatoms. The Morgan fingerprint density at radius 3 is 2.81 bits per heavy atom. The number of non-ortho nitro benzene ring substituents is 1. The SMILES string of the molecule is CNc1cc(N(Cc2ccsc2)C2CC2)cc([N+](=O)[O-])c1. The lowest BCUT2D eigenvalue weighted by atomic mass is 10.2. The zero-order valence-corrected chi connectivity index (χ0v) is 12.6. The first-order valence-corrected chi connectivity index (χ1v) is 7.86. The van der Waals surface area contributed by atoms with E-state index in [4.69, 9.17) is 0 Å². The Labute approximate surface area is 127 Å². The summed E-state index contributed by atoms with van der Waals surface area (Å²) < 4.78 is 0. The van der Waals surface area contributed by atoms with Gasteiger partial charge in [0.05, 0.1) is 4.92 Å². The molecule has 2 aromatic rings.